The van der Waals surface area contributed by atoms with E-state index in [1.54, 1.807) is 12.4 Å². The molecular weight excluding hydrogens is 251 g/mol. The summed E-state index contributed by atoms with van der Waals surface area (Å²) in [5.41, 5.74) is 0.860. The number of rotatable bonds is 3. The van der Waals surface area contributed by atoms with Crippen LogP contribution in [-0.2, 0) is 6.54 Å². The molecule has 0 unspecified atom stereocenters. The number of pyridine rings is 1. The highest BCUT2D eigenvalue weighted by Gasteiger charge is 2.06. The Hall–Kier alpha value is -1.17. The molecular formula is C9H12Cl2N4O. The fraction of sp³-hybridized carbons (Fsp3) is 0.222. The maximum Gasteiger partial charge on any atom is 0.240 e. The summed E-state index contributed by atoms with van der Waals surface area (Å²) in [6.45, 7) is 0.577. The molecule has 16 heavy (non-hydrogen) atoms. The van der Waals surface area contributed by atoms with Gasteiger partial charge < -0.3 is 9.84 Å². The predicted molar refractivity (Wildman–Crippen MR) is 64.8 cm³/mol. The molecule has 0 saturated heterocycles. The molecule has 5 nitrogen and oxygen atoms in total. The van der Waals surface area contributed by atoms with Crippen LogP contribution in [0.15, 0.2) is 29.0 Å². The van der Waals surface area contributed by atoms with Crippen molar-refractivity contribution < 1.29 is 4.52 Å². The SMILES string of the molecule is CNCc1nc(-c2cccnc2)no1.Cl.Cl. The van der Waals surface area contributed by atoms with Crippen LogP contribution in [0.5, 0.6) is 0 Å². The van der Waals surface area contributed by atoms with Gasteiger partial charge in [0.25, 0.3) is 0 Å². The molecule has 2 heterocycles. The first-order valence-corrected chi connectivity index (χ1v) is 4.28. The van der Waals surface area contributed by atoms with Gasteiger partial charge in [0.05, 0.1) is 6.54 Å². The molecule has 0 atom stereocenters. The van der Waals surface area contributed by atoms with Crippen LogP contribution in [0.25, 0.3) is 11.4 Å². The zero-order chi connectivity index (χ0) is 9.80. The van der Waals surface area contributed by atoms with Crippen LogP contribution >= 0.6 is 24.8 Å². The monoisotopic (exact) mass is 262 g/mol. The smallest absolute Gasteiger partial charge is 0.240 e. The second-order valence-corrected chi connectivity index (χ2v) is 2.78. The van der Waals surface area contributed by atoms with E-state index in [0.29, 0.717) is 18.3 Å². The number of hydrogen-bond acceptors (Lipinski definition) is 5. The van der Waals surface area contributed by atoms with Crippen molar-refractivity contribution >= 4 is 24.8 Å². The van der Waals surface area contributed by atoms with E-state index in [1.807, 2.05) is 19.2 Å². The Balaban J connectivity index is 0.00000112. The van der Waals surface area contributed by atoms with E-state index in [4.69, 9.17) is 4.52 Å². The summed E-state index contributed by atoms with van der Waals surface area (Å²) in [4.78, 5) is 8.17. The topological polar surface area (TPSA) is 63.8 Å². The Labute approximate surface area is 105 Å². The van der Waals surface area contributed by atoms with Gasteiger partial charge in [-0.2, -0.15) is 4.98 Å². The molecule has 0 aromatic carbocycles. The van der Waals surface area contributed by atoms with E-state index < -0.39 is 0 Å². The Morgan fingerprint density at radius 1 is 1.38 bits per heavy atom. The lowest BCUT2D eigenvalue weighted by Crippen LogP contribution is -2.04. The lowest BCUT2D eigenvalue weighted by Gasteiger charge is -1.90. The molecule has 88 valence electrons. The summed E-state index contributed by atoms with van der Waals surface area (Å²) in [6.07, 6.45) is 3.41. The Morgan fingerprint density at radius 3 is 2.81 bits per heavy atom. The fourth-order valence-corrected chi connectivity index (χ4v) is 1.09. The van der Waals surface area contributed by atoms with E-state index in [9.17, 15) is 0 Å². The summed E-state index contributed by atoms with van der Waals surface area (Å²) in [5.74, 6) is 1.15. The Bertz CT molecular complexity index is 407. The zero-order valence-corrected chi connectivity index (χ0v) is 10.2. The summed E-state index contributed by atoms with van der Waals surface area (Å²) in [7, 11) is 1.83. The lowest BCUT2D eigenvalue weighted by atomic mass is 10.3. The van der Waals surface area contributed by atoms with E-state index in [1.165, 1.54) is 0 Å². The van der Waals surface area contributed by atoms with Crippen molar-refractivity contribution in [3.8, 4) is 11.4 Å². The summed E-state index contributed by atoms with van der Waals surface area (Å²) < 4.78 is 5.01. The highest BCUT2D eigenvalue weighted by Crippen LogP contribution is 2.13. The molecule has 2 aromatic heterocycles. The average molecular weight is 263 g/mol. The van der Waals surface area contributed by atoms with Gasteiger partial charge in [0.2, 0.25) is 11.7 Å². The van der Waals surface area contributed by atoms with Crippen molar-refractivity contribution in [2.75, 3.05) is 7.05 Å². The standard InChI is InChI=1S/C9H10N4O.2ClH/c1-10-6-8-12-9(13-14-8)7-3-2-4-11-5-7;;/h2-5,10H,6H2,1H3;2*1H. The van der Waals surface area contributed by atoms with Crippen molar-refractivity contribution in [2.24, 2.45) is 0 Å². The fourth-order valence-electron chi connectivity index (χ4n) is 1.09. The maximum atomic E-state index is 5.01. The molecule has 1 N–H and O–H groups in total. The Morgan fingerprint density at radius 2 is 2.19 bits per heavy atom. The summed E-state index contributed by atoms with van der Waals surface area (Å²) in [5, 5.41) is 6.78. The van der Waals surface area contributed by atoms with Crippen molar-refractivity contribution in [3.05, 3.63) is 30.4 Å². The molecule has 0 aliphatic heterocycles. The average Bonchev–Trinajstić information content (AvgIpc) is 2.68. The van der Waals surface area contributed by atoms with Crippen LogP contribution in [0, 0.1) is 0 Å². The van der Waals surface area contributed by atoms with Gasteiger partial charge in [-0.15, -0.1) is 24.8 Å². The van der Waals surface area contributed by atoms with E-state index in [0.717, 1.165) is 5.56 Å². The minimum absolute atomic E-state index is 0. The van der Waals surface area contributed by atoms with Crippen molar-refractivity contribution in [3.63, 3.8) is 0 Å². The van der Waals surface area contributed by atoms with Gasteiger partial charge in [0, 0.05) is 18.0 Å². The molecule has 0 amide bonds. The highest BCUT2D eigenvalue weighted by atomic mass is 35.5. The highest BCUT2D eigenvalue weighted by molar-refractivity contribution is 5.85. The minimum atomic E-state index is 0. The number of nitrogens with one attached hydrogen (secondary N) is 1. The van der Waals surface area contributed by atoms with Gasteiger partial charge in [-0.1, -0.05) is 5.16 Å². The molecule has 0 fully saturated rings. The van der Waals surface area contributed by atoms with Gasteiger partial charge in [-0.3, -0.25) is 4.98 Å². The molecule has 7 heteroatoms. The Kier molecular flexibility index (Phi) is 6.64. The molecule has 0 aliphatic carbocycles. The summed E-state index contributed by atoms with van der Waals surface area (Å²) >= 11 is 0. The molecule has 0 radical (unpaired) electrons. The van der Waals surface area contributed by atoms with Crippen molar-refractivity contribution in [1.29, 1.82) is 0 Å². The van der Waals surface area contributed by atoms with Crippen molar-refractivity contribution in [2.45, 2.75) is 6.54 Å². The molecule has 0 aliphatic rings. The van der Waals surface area contributed by atoms with Gasteiger partial charge in [-0.05, 0) is 19.2 Å². The largest absolute Gasteiger partial charge is 0.338 e. The number of hydrogen-bond donors (Lipinski definition) is 1. The third kappa shape index (κ3) is 3.44. The van der Waals surface area contributed by atoms with Crippen LogP contribution in [-0.4, -0.2) is 22.2 Å². The third-order valence-corrected chi connectivity index (χ3v) is 1.72. The first kappa shape index (κ1) is 14.8. The molecule has 0 saturated carbocycles. The van der Waals surface area contributed by atoms with Gasteiger partial charge in [0.1, 0.15) is 0 Å². The molecule has 2 rings (SSSR count). The molecule has 0 spiro atoms. The van der Waals surface area contributed by atoms with E-state index in [2.05, 4.69) is 20.4 Å². The van der Waals surface area contributed by atoms with Crippen LogP contribution in [0.4, 0.5) is 0 Å². The number of aromatic nitrogens is 3. The second-order valence-electron chi connectivity index (χ2n) is 2.78. The quantitative estimate of drug-likeness (QED) is 0.912. The first-order chi connectivity index (χ1) is 6.90. The maximum absolute atomic E-state index is 5.01. The van der Waals surface area contributed by atoms with Gasteiger partial charge >= 0.3 is 0 Å². The molecule has 2 aromatic rings. The minimum Gasteiger partial charge on any atom is -0.338 e. The normalized spacial score (nSPS) is 9.06. The number of nitrogens with zero attached hydrogens (tertiary/aromatic N) is 3. The van der Waals surface area contributed by atoms with Crippen LogP contribution in [0.2, 0.25) is 0 Å². The third-order valence-electron chi connectivity index (χ3n) is 1.72. The lowest BCUT2D eigenvalue weighted by molar-refractivity contribution is 0.372. The van der Waals surface area contributed by atoms with Crippen LogP contribution in [0.3, 0.4) is 0 Å². The van der Waals surface area contributed by atoms with Crippen molar-refractivity contribution in [1.82, 2.24) is 20.4 Å². The molecule has 0 bridgehead atoms. The van der Waals surface area contributed by atoms with Gasteiger partial charge in [-0.25, -0.2) is 0 Å². The second kappa shape index (κ2) is 7.16. The zero-order valence-electron chi connectivity index (χ0n) is 8.58. The predicted octanol–water partition coefficient (Wildman–Crippen LogP) is 1.69. The van der Waals surface area contributed by atoms with E-state index in [-0.39, 0.29) is 24.8 Å². The summed E-state index contributed by atoms with van der Waals surface area (Å²) in [6, 6.07) is 3.73. The van der Waals surface area contributed by atoms with Crippen LogP contribution in [0.1, 0.15) is 5.89 Å². The first-order valence-electron chi connectivity index (χ1n) is 4.28. The van der Waals surface area contributed by atoms with Gasteiger partial charge in [0.15, 0.2) is 0 Å². The number of halogens is 2. The van der Waals surface area contributed by atoms with Crippen LogP contribution < -0.4 is 5.32 Å². The van der Waals surface area contributed by atoms with E-state index >= 15 is 0 Å².